The maximum absolute atomic E-state index is 13.5. The summed E-state index contributed by atoms with van der Waals surface area (Å²) >= 11 is 0. The van der Waals surface area contributed by atoms with E-state index in [4.69, 9.17) is 4.74 Å². The number of rotatable bonds is 6. The minimum atomic E-state index is -0.648. The summed E-state index contributed by atoms with van der Waals surface area (Å²) in [6.07, 6.45) is 1.14. The molecule has 2 aromatic rings. The lowest BCUT2D eigenvalue weighted by Crippen LogP contribution is -2.42. The molecule has 5 heteroatoms. The van der Waals surface area contributed by atoms with E-state index in [0.29, 0.717) is 24.1 Å². The summed E-state index contributed by atoms with van der Waals surface area (Å²) < 4.78 is 5.13. The van der Waals surface area contributed by atoms with Crippen LogP contribution in [0.25, 0.3) is 0 Å². The number of ketones is 1. The Morgan fingerprint density at radius 1 is 1.03 bits per heavy atom. The van der Waals surface area contributed by atoms with Gasteiger partial charge in [-0.05, 0) is 49.4 Å². The zero-order chi connectivity index (χ0) is 23.5. The van der Waals surface area contributed by atoms with Gasteiger partial charge >= 0.3 is 5.97 Å². The number of hydrogen-bond donors (Lipinski definition) is 1. The van der Waals surface area contributed by atoms with Crippen LogP contribution in [-0.4, -0.2) is 32.0 Å². The van der Waals surface area contributed by atoms with Crippen molar-refractivity contribution in [2.24, 2.45) is 5.92 Å². The van der Waals surface area contributed by atoms with Gasteiger partial charge in [-0.15, -0.1) is 0 Å². The molecule has 33 heavy (non-hydrogen) atoms. The maximum atomic E-state index is 13.5. The Bertz CT molecular complexity index is 1070. The second-order valence-electron chi connectivity index (χ2n) is 8.72. The first-order chi connectivity index (χ1) is 16.0. The second-order valence-corrected chi connectivity index (χ2v) is 8.72. The molecular weight excluding hydrogens is 412 g/mol. The highest BCUT2D eigenvalue weighted by molar-refractivity contribution is 6.01. The summed E-state index contributed by atoms with van der Waals surface area (Å²) in [4.78, 5) is 28.6. The molecule has 3 unspecified atom stereocenters. The van der Waals surface area contributed by atoms with Crippen molar-refractivity contribution in [3.63, 3.8) is 0 Å². The highest BCUT2D eigenvalue weighted by Crippen LogP contribution is 2.47. The number of methoxy groups -OCH3 is 1. The first-order valence-corrected chi connectivity index (χ1v) is 11.7. The Labute approximate surface area is 196 Å². The van der Waals surface area contributed by atoms with E-state index < -0.39 is 11.8 Å². The Morgan fingerprint density at radius 2 is 1.70 bits per heavy atom. The molecule has 1 aliphatic heterocycles. The molecule has 0 spiro atoms. The normalized spacial score (nSPS) is 22.5. The van der Waals surface area contributed by atoms with Crippen LogP contribution in [0, 0.1) is 5.92 Å². The molecule has 0 bridgehead atoms. The van der Waals surface area contributed by atoms with E-state index in [1.807, 2.05) is 30.3 Å². The number of Topliss-reactive ketones (excluding diaryl/α,β-unsaturated/α-hetero) is 1. The SMILES string of the molecule is C=C1NC2=C(C(=O)CC(c3ccccc3)C2)C(c2ccc(N(CC)CC)cc2)C1C(=O)OC. The Kier molecular flexibility index (Phi) is 6.68. The summed E-state index contributed by atoms with van der Waals surface area (Å²) in [6.45, 7) is 10.2. The van der Waals surface area contributed by atoms with Gasteiger partial charge in [0.1, 0.15) is 5.92 Å². The number of allylic oxidation sites excluding steroid dienone is 2. The molecule has 0 saturated carbocycles. The average Bonchev–Trinajstić information content (AvgIpc) is 2.84. The summed E-state index contributed by atoms with van der Waals surface area (Å²) in [7, 11) is 1.38. The number of nitrogens with zero attached hydrogens (tertiary/aromatic N) is 1. The van der Waals surface area contributed by atoms with Gasteiger partial charge in [-0.2, -0.15) is 0 Å². The van der Waals surface area contributed by atoms with Crippen molar-refractivity contribution < 1.29 is 14.3 Å². The average molecular weight is 445 g/mol. The highest BCUT2D eigenvalue weighted by atomic mass is 16.5. The molecule has 0 aromatic heterocycles. The summed E-state index contributed by atoms with van der Waals surface area (Å²) in [6, 6.07) is 18.3. The van der Waals surface area contributed by atoms with Crippen LogP contribution in [-0.2, 0) is 14.3 Å². The van der Waals surface area contributed by atoms with Crippen LogP contribution in [0.1, 0.15) is 49.7 Å². The summed E-state index contributed by atoms with van der Waals surface area (Å²) in [5.74, 6) is -1.24. The molecule has 0 fully saturated rings. The van der Waals surface area contributed by atoms with Crippen LogP contribution < -0.4 is 10.2 Å². The van der Waals surface area contributed by atoms with E-state index in [1.54, 1.807) is 0 Å². The van der Waals surface area contributed by atoms with Gasteiger partial charge in [0, 0.05) is 48.1 Å². The lowest BCUT2D eigenvalue weighted by atomic mass is 9.69. The number of hydrogen-bond acceptors (Lipinski definition) is 5. The molecule has 0 radical (unpaired) electrons. The number of esters is 1. The van der Waals surface area contributed by atoms with Crippen LogP contribution in [0.4, 0.5) is 5.69 Å². The third-order valence-corrected chi connectivity index (χ3v) is 6.95. The van der Waals surface area contributed by atoms with Crippen molar-refractivity contribution in [3.8, 4) is 0 Å². The van der Waals surface area contributed by atoms with Gasteiger partial charge in [0.15, 0.2) is 5.78 Å². The molecule has 172 valence electrons. The van der Waals surface area contributed by atoms with Crippen LogP contribution in [0.3, 0.4) is 0 Å². The predicted molar refractivity (Wildman–Crippen MR) is 131 cm³/mol. The van der Waals surface area contributed by atoms with Gasteiger partial charge in [0.2, 0.25) is 0 Å². The molecule has 2 aliphatic rings. The second kappa shape index (κ2) is 9.65. The largest absolute Gasteiger partial charge is 0.468 e. The third-order valence-electron chi connectivity index (χ3n) is 6.95. The number of ether oxygens (including phenoxy) is 1. The van der Waals surface area contributed by atoms with Gasteiger partial charge in [0.05, 0.1) is 7.11 Å². The predicted octanol–water partition coefficient (Wildman–Crippen LogP) is 4.92. The molecule has 5 nitrogen and oxygen atoms in total. The van der Waals surface area contributed by atoms with Crippen molar-refractivity contribution in [2.45, 2.75) is 38.5 Å². The van der Waals surface area contributed by atoms with Crippen LogP contribution in [0.15, 0.2) is 78.1 Å². The van der Waals surface area contributed by atoms with Crippen LogP contribution in [0.2, 0.25) is 0 Å². The highest BCUT2D eigenvalue weighted by Gasteiger charge is 2.45. The lowest BCUT2D eigenvalue weighted by Gasteiger charge is -2.40. The molecule has 0 saturated heterocycles. The van der Waals surface area contributed by atoms with Crippen molar-refractivity contribution in [1.29, 1.82) is 0 Å². The van der Waals surface area contributed by atoms with Gasteiger partial charge in [0.25, 0.3) is 0 Å². The Balaban J connectivity index is 1.77. The van der Waals surface area contributed by atoms with E-state index in [1.165, 1.54) is 7.11 Å². The summed E-state index contributed by atoms with van der Waals surface area (Å²) in [5.41, 5.74) is 5.37. The van der Waals surface area contributed by atoms with E-state index in [-0.39, 0.29) is 17.7 Å². The maximum Gasteiger partial charge on any atom is 0.315 e. The zero-order valence-corrected chi connectivity index (χ0v) is 19.6. The Hall–Kier alpha value is -3.34. The van der Waals surface area contributed by atoms with Crippen molar-refractivity contribution >= 4 is 17.4 Å². The smallest absolute Gasteiger partial charge is 0.315 e. The van der Waals surface area contributed by atoms with Crippen molar-refractivity contribution in [2.75, 3.05) is 25.1 Å². The lowest BCUT2D eigenvalue weighted by molar-refractivity contribution is -0.144. The quantitative estimate of drug-likeness (QED) is 0.641. The first kappa shape index (κ1) is 22.8. The number of anilines is 1. The molecule has 3 atom stereocenters. The number of carbonyl (C=O) groups excluding carboxylic acids is 2. The van der Waals surface area contributed by atoms with E-state index in [9.17, 15) is 9.59 Å². The summed E-state index contributed by atoms with van der Waals surface area (Å²) in [5, 5.41) is 3.32. The van der Waals surface area contributed by atoms with E-state index in [2.05, 4.69) is 54.9 Å². The van der Waals surface area contributed by atoms with E-state index >= 15 is 0 Å². The first-order valence-electron chi connectivity index (χ1n) is 11.7. The zero-order valence-electron chi connectivity index (χ0n) is 19.6. The monoisotopic (exact) mass is 444 g/mol. The third kappa shape index (κ3) is 4.32. The molecule has 1 N–H and O–H groups in total. The standard InChI is InChI=1S/C28H32N2O3/c1-5-30(6-2)22-14-12-20(13-15-22)26-25(28(32)33-4)18(3)29-23-16-21(17-24(31)27(23)26)19-10-8-7-9-11-19/h7-15,21,25-26,29H,3,5-6,16-17H2,1-2,4H3. The minimum absolute atomic E-state index is 0.0804. The molecule has 1 heterocycles. The topological polar surface area (TPSA) is 58.6 Å². The number of nitrogens with one attached hydrogen (secondary N) is 1. The van der Waals surface area contributed by atoms with Gasteiger partial charge < -0.3 is 15.0 Å². The fraction of sp³-hybridized carbons (Fsp3) is 0.357. The fourth-order valence-corrected chi connectivity index (χ4v) is 5.26. The van der Waals surface area contributed by atoms with Crippen molar-refractivity contribution in [3.05, 3.63) is 89.3 Å². The molecule has 4 rings (SSSR count). The Morgan fingerprint density at radius 3 is 2.30 bits per heavy atom. The molecule has 2 aromatic carbocycles. The fourth-order valence-electron chi connectivity index (χ4n) is 5.26. The van der Waals surface area contributed by atoms with Crippen molar-refractivity contribution in [1.82, 2.24) is 5.32 Å². The van der Waals surface area contributed by atoms with Gasteiger partial charge in [-0.1, -0.05) is 49.0 Å². The van der Waals surface area contributed by atoms with Crippen LogP contribution >= 0.6 is 0 Å². The molecular formula is C28H32N2O3. The number of carbonyl (C=O) groups is 2. The molecule has 0 amide bonds. The van der Waals surface area contributed by atoms with Gasteiger partial charge in [-0.3, -0.25) is 9.59 Å². The molecule has 1 aliphatic carbocycles. The van der Waals surface area contributed by atoms with Crippen LogP contribution in [0.5, 0.6) is 0 Å². The van der Waals surface area contributed by atoms with Gasteiger partial charge in [-0.25, -0.2) is 0 Å². The van der Waals surface area contributed by atoms with E-state index in [0.717, 1.165) is 35.6 Å². The minimum Gasteiger partial charge on any atom is -0.468 e. The number of benzene rings is 2.